The lowest BCUT2D eigenvalue weighted by Gasteiger charge is -2.15. The Morgan fingerprint density at radius 3 is 2.15 bits per heavy atom. The largest absolute Gasteiger partial charge is 0.493 e. The Morgan fingerprint density at radius 2 is 1.51 bits per heavy atom. The van der Waals surface area contributed by atoms with E-state index in [9.17, 15) is 9.59 Å². The molecule has 39 heavy (non-hydrogen) atoms. The monoisotopic (exact) mass is 524 g/mol. The summed E-state index contributed by atoms with van der Waals surface area (Å²) in [5.41, 5.74) is 3.42. The molecule has 0 aliphatic heterocycles. The Kier molecular flexibility index (Phi) is 6.81. The van der Waals surface area contributed by atoms with Crippen LogP contribution in [-0.2, 0) is 7.05 Å². The van der Waals surface area contributed by atoms with Crippen LogP contribution in [-0.4, -0.2) is 41.6 Å². The number of fused-ring (bicyclic) bond motifs is 1. The first kappa shape index (κ1) is 25.6. The minimum absolute atomic E-state index is 0.210. The summed E-state index contributed by atoms with van der Waals surface area (Å²) in [5, 5.41) is 3.53. The van der Waals surface area contributed by atoms with E-state index in [1.165, 1.54) is 26.0 Å². The Morgan fingerprint density at radius 1 is 0.872 bits per heavy atom. The van der Waals surface area contributed by atoms with Crippen molar-refractivity contribution in [2.24, 2.45) is 7.05 Å². The standard InChI is InChI=1S/C30H28N4O5/c1-18-27(30(36)34(33(18)2)20-11-7-6-8-12-20)32-29(35)22-17-24(31-23-14-10-9-13-21(22)23)19-15-25(37-3)28(39-5)26(16-19)38-4/h6-17H,1-5H3,(H,32,35). The highest BCUT2D eigenvalue weighted by atomic mass is 16.5. The maximum absolute atomic E-state index is 13.8. The zero-order valence-corrected chi connectivity index (χ0v) is 22.3. The molecule has 5 aromatic rings. The molecule has 3 aromatic carbocycles. The van der Waals surface area contributed by atoms with E-state index < -0.39 is 5.91 Å². The molecule has 0 atom stereocenters. The lowest BCUT2D eigenvalue weighted by molar-refractivity contribution is 0.102. The van der Waals surface area contributed by atoms with Crippen LogP contribution in [0.15, 0.2) is 77.6 Å². The molecule has 9 heteroatoms. The lowest BCUT2D eigenvalue weighted by Crippen LogP contribution is -2.23. The smallest absolute Gasteiger partial charge is 0.295 e. The van der Waals surface area contributed by atoms with Gasteiger partial charge in [0.2, 0.25) is 5.75 Å². The van der Waals surface area contributed by atoms with E-state index in [2.05, 4.69) is 5.32 Å². The van der Waals surface area contributed by atoms with E-state index in [1.54, 1.807) is 36.9 Å². The van der Waals surface area contributed by atoms with Crippen LogP contribution in [0.25, 0.3) is 27.8 Å². The van der Waals surface area contributed by atoms with Crippen molar-refractivity contribution in [1.82, 2.24) is 14.3 Å². The number of nitrogens with zero attached hydrogens (tertiary/aromatic N) is 3. The van der Waals surface area contributed by atoms with Crippen molar-refractivity contribution >= 4 is 22.5 Å². The second kappa shape index (κ2) is 10.4. The Hall–Kier alpha value is -5.05. The number of ether oxygens (including phenoxy) is 3. The van der Waals surface area contributed by atoms with Gasteiger partial charge in [0.05, 0.1) is 49.5 Å². The molecule has 2 heterocycles. The molecule has 0 bridgehead atoms. The summed E-state index contributed by atoms with van der Waals surface area (Å²) < 4.78 is 19.7. The summed E-state index contributed by atoms with van der Waals surface area (Å²) in [6, 6.07) is 21.9. The van der Waals surface area contributed by atoms with Gasteiger partial charge in [-0.15, -0.1) is 0 Å². The highest BCUT2D eigenvalue weighted by molar-refractivity contribution is 6.13. The minimum Gasteiger partial charge on any atom is -0.493 e. The molecule has 1 amide bonds. The van der Waals surface area contributed by atoms with Crippen LogP contribution in [0.2, 0.25) is 0 Å². The molecule has 0 aliphatic carbocycles. The number of nitrogens with one attached hydrogen (secondary N) is 1. The maximum atomic E-state index is 13.8. The van der Waals surface area contributed by atoms with Gasteiger partial charge in [0, 0.05) is 18.0 Å². The number of pyridine rings is 1. The van der Waals surface area contributed by atoms with Crippen molar-refractivity contribution in [3.8, 4) is 34.2 Å². The van der Waals surface area contributed by atoms with Crippen LogP contribution in [0.5, 0.6) is 17.2 Å². The van der Waals surface area contributed by atoms with Gasteiger partial charge in [-0.1, -0.05) is 36.4 Å². The second-order valence-electron chi connectivity index (χ2n) is 8.88. The first-order valence-electron chi connectivity index (χ1n) is 12.2. The van der Waals surface area contributed by atoms with Crippen LogP contribution in [0.4, 0.5) is 5.69 Å². The number of aromatic nitrogens is 3. The van der Waals surface area contributed by atoms with Gasteiger partial charge in [-0.3, -0.25) is 14.3 Å². The zero-order chi connectivity index (χ0) is 27.7. The number of carbonyl (C=O) groups excluding carboxylic acids is 1. The van der Waals surface area contributed by atoms with Crippen LogP contribution in [0.1, 0.15) is 16.1 Å². The van der Waals surface area contributed by atoms with Crippen molar-refractivity contribution < 1.29 is 19.0 Å². The van der Waals surface area contributed by atoms with Gasteiger partial charge in [-0.05, 0) is 43.3 Å². The van der Waals surface area contributed by atoms with E-state index in [4.69, 9.17) is 19.2 Å². The van der Waals surface area contributed by atoms with E-state index in [0.717, 1.165) is 0 Å². The van der Waals surface area contributed by atoms with Crippen molar-refractivity contribution in [2.75, 3.05) is 26.6 Å². The van der Waals surface area contributed by atoms with Crippen LogP contribution in [0.3, 0.4) is 0 Å². The molecule has 5 rings (SSSR count). The number of carbonyl (C=O) groups is 1. The molecule has 0 fully saturated rings. The van der Waals surface area contributed by atoms with Crippen molar-refractivity contribution in [3.63, 3.8) is 0 Å². The molecule has 2 aromatic heterocycles. The van der Waals surface area contributed by atoms with Gasteiger partial charge in [0.15, 0.2) is 11.5 Å². The first-order valence-corrected chi connectivity index (χ1v) is 12.2. The molecule has 0 saturated carbocycles. The quantitative estimate of drug-likeness (QED) is 0.323. The van der Waals surface area contributed by atoms with Gasteiger partial charge in [-0.25, -0.2) is 9.67 Å². The topological polar surface area (TPSA) is 96.6 Å². The Balaban J connectivity index is 1.62. The third kappa shape index (κ3) is 4.48. The lowest BCUT2D eigenvalue weighted by atomic mass is 10.0. The molecule has 0 saturated heterocycles. The minimum atomic E-state index is -0.423. The predicted molar refractivity (Wildman–Crippen MR) is 151 cm³/mol. The third-order valence-corrected chi connectivity index (χ3v) is 6.71. The molecular weight excluding hydrogens is 496 g/mol. The van der Waals surface area contributed by atoms with E-state index >= 15 is 0 Å². The van der Waals surface area contributed by atoms with Crippen LogP contribution >= 0.6 is 0 Å². The highest BCUT2D eigenvalue weighted by Crippen LogP contribution is 2.41. The van der Waals surface area contributed by atoms with Crippen molar-refractivity contribution in [3.05, 3.63) is 94.4 Å². The molecule has 0 aliphatic rings. The van der Waals surface area contributed by atoms with Gasteiger partial charge in [-0.2, -0.15) is 0 Å². The molecule has 0 spiro atoms. The number of hydrogen-bond donors (Lipinski definition) is 1. The first-order chi connectivity index (χ1) is 18.9. The summed E-state index contributed by atoms with van der Waals surface area (Å²) in [7, 11) is 6.40. The number of anilines is 1. The predicted octanol–water partition coefficient (Wildman–Crippen LogP) is 4.98. The Bertz CT molecular complexity index is 1730. The molecule has 1 N–H and O–H groups in total. The number of amides is 1. The summed E-state index contributed by atoms with van der Waals surface area (Å²) >= 11 is 0. The SMILES string of the molecule is COc1cc(-c2cc(C(=O)Nc3c(C)n(C)n(-c4ccccc4)c3=O)c3ccccc3n2)cc(OC)c1OC. The van der Waals surface area contributed by atoms with E-state index in [-0.39, 0.29) is 11.2 Å². The average molecular weight is 525 g/mol. The van der Waals surface area contributed by atoms with Crippen molar-refractivity contribution in [1.29, 1.82) is 0 Å². The molecule has 0 radical (unpaired) electrons. The third-order valence-electron chi connectivity index (χ3n) is 6.71. The highest BCUT2D eigenvalue weighted by Gasteiger charge is 2.22. The molecule has 0 unspecified atom stereocenters. The zero-order valence-electron chi connectivity index (χ0n) is 22.3. The van der Waals surface area contributed by atoms with E-state index in [1.807, 2.05) is 54.6 Å². The van der Waals surface area contributed by atoms with Gasteiger partial charge >= 0.3 is 0 Å². The fourth-order valence-corrected chi connectivity index (χ4v) is 4.63. The average Bonchev–Trinajstić information content (AvgIpc) is 3.18. The van der Waals surface area contributed by atoms with Crippen LogP contribution in [0, 0.1) is 6.92 Å². The number of hydrogen-bond acceptors (Lipinski definition) is 6. The summed E-state index contributed by atoms with van der Waals surface area (Å²) in [5.74, 6) is 0.966. The number of methoxy groups -OCH3 is 3. The second-order valence-corrected chi connectivity index (χ2v) is 8.88. The maximum Gasteiger partial charge on any atom is 0.295 e. The fourth-order valence-electron chi connectivity index (χ4n) is 4.63. The number of benzene rings is 3. The van der Waals surface area contributed by atoms with Crippen LogP contribution < -0.4 is 25.1 Å². The molecule has 9 nitrogen and oxygen atoms in total. The van der Waals surface area contributed by atoms with Gasteiger partial charge in [0.25, 0.3) is 11.5 Å². The number of rotatable bonds is 7. The van der Waals surface area contributed by atoms with Gasteiger partial charge < -0.3 is 19.5 Å². The van der Waals surface area contributed by atoms with E-state index in [0.29, 0.717) is 56.4 Å². The summed E-state index contributed by atoms with van der Waals surface area (Å²) in [4.78, 5) is 32.0. The summed E-state index contributed by atoms with van der Waals surface area (Å²) in [6.45, 7) is 1.79. The normalized spacial score (nSPS) is 10.9. The molecular formula is C30H28N4O5. The number of para-hydroxylation sites is 2. The fraction of sp³-hybridized carbons (Fsp3) is 0.167. The molecule has 198 valence electrons. The Labute approximate surface area is 225 Å². The van der Waals surface area contributed by atoms with Gasteiger partial charge in [0.1, 0.15) is 5.69 Å². The summed E-state index contributed by atoms with van der Waals surface area (Å²) in [6.07, 6.45) is 0. The van der Waals surface area contributed by atoms with Crippen molar-refractivity contribution in [2.45, 2.75) is 6.92 Å².